The normalized spacial score (nSPS) is 10.6. The van der Waals surface area contributed by atoms with Crippen LogP contribution in [0.15, 0.2) is 73.1 Å². The van der Waals surface area contributed by atoms with Gasteiger partial charge in [-0.2, -0.15) is 0 Å². The van der Waals surface area contributed by atoms with Crippen molar-refractivity contribution in [1.29, 1.82) is 0 Å². The fraction of sp³-hybridized carbons (Fsp3) is 0. The molecule has 0 saturated carbocycles. The summed E-state index contributed by atoms with van der Waals surface area (Å²) in [4.78, 5) is 20.7. The van der Waals surface area contributed by atoms with Crippen LogP contribution in [-0.2, 0) is 0 Å². The van der Waals surface area contributed by atoms with E-state index in [1.165, 1.54) is 24.3 Å². The molecule has 1 N–H and O–H groups in total. The van der Waals surface area contributed by atoms with Crippen molar-refractivity contribution in [1.82, 2.24) is 9.97 Å². The van der Waals surface area contributed by atoms with Gasteiger partial charge in [0.1, 0.15) is 17.3 Å². The van der Waals surface area contributed by atoms with Crippen LogP contribution in [0.5, 0.6) is 11.5 Å². The summed E-state index contributed by atoms with van der Waals surface area (Å²) in [5.41, 5.74) is 2.02. The zero-order valence-corrected chi connectivity index (χ0v) is 15.2. The van der Waals surface area contributed by atoms with Gasteiger partial charge in [-0.15, -0.1) is 0 Å². The number of anilines is 1. The number of ether oxygens (including phenoxy) is 1. The summed E-state index contributed by atoms with van der Waals surface area (Å²) in [6.07, 6.45) is 3.18. The van der Waals surface area contributed by atoms with Crippen LogP contribution in [-0.4, -0.2) is 15.9 Å². The average molecular weight is 394 g/mol. The lowest BCUT2D eigenvalue weighted by Crippen LogP contribution is -2.12. The standard InChI is InChI=1S/C21H13ClFN3O2/c22-14-3-1-2-13(8-14)21(27)26-16-9-15(23)10-18(11-16)28-17-4-5-19-20(12-17)25-7-6-24-19/h1-12H,(H,26,27). The number of halogens is 2. The number of amides is 1. The molecule has 0 spiro atoms. The molecule has 1 amide bonds. The van der Waals surface area contributed by atoms with Crippen molar-refractivity contribution >= 4 is 34.2 Å². The predicted molar refractivity (Wildman–Crippen MR) is 105 cm³/mol. The lowest BCUT2D eigenvalue weighted by molar-refractivity contribution is 0.102. The van der Waals surface area contributed by atoms with Crippen molar-refractivity contribution in [3.63, 3.8) is 0 Å². The Bertz CT molecular complexity index is 1180. The van der Waals surface area contributed by atoms with E-state index in [9.17, 15) is 9.18 Å². The molecule has 0 aliphatic carbocycles. The second-order valence-corrected chi connectivity index (χ2v) is 6.39. The van der Waals surface area contributed by atoms with E-state index < -0.39 is 11.7 Å². The molecule has 0 bridgehead atoms. The summed E-state index contributed by atoms with van der Waals surface area (Å²) in [6.45, 7) is 0. The first-order chi connectivity index (χ1) is 13.6. The molecule has 1 aromatic heterocycles. The Kier molecular flexibility index (Phi) is 4.87. The molecule has 0 unspecified atom stereocenters. The summed E-state index contributed by atoms with van der Waals surface area (Å²) in [5.74, 6) is -0.227. The van der Waals surface area contributed by atoms with E-state index in [1.807, 2.05) is 0 Å². The summed E-state index contributed by atoms with van der Waals surface area (Å²) in [6, 6.07) is 15.6. The fourth-order valence-electron chi connectivity index (χ4n) is 2.67. The molecule has 4 rings (SSSR count). The lowest BCUT2D eigenvalue weighted by atomic mass is 10.2. The van der Waals surface area contributed by atoms with E-state index in [4.69, 9.17) is 16.3 Å². The zero-order chi connectivity index (χ0) is 19.5. The van der Waals surface area contributed by atoms with Crippen molar-refractivity contribution in [2.24, 2.45) is 0 Å². The molecule has 138 valence electrons. The fourth-order valence-corrected chi connectivity index (χ4v) is 2.86. The Morgan fingerprint density at radius 3 is 2.57 bits per heavy atom. The first kappa shape index (κ1) is 17.9. The van der Waals surface area contributed by atoms with Crippen molar-refractivity contribution in [3.8, 4) is 11.5 Å². The predicted octanol–water partition coefficient (Wildman–Crippen LogP) is 5.47. The van der Waals surface area contributed by atoms with E-state index in [2.05, 4.69) is 15.3 Å². The molecule has 0 fully saturated rings. The van der Waals surface area contributed by atoms with Crippen LogP contribution in [0.4, 0.5) is 10.1 Å². The molecule has 0 atom stereocenters. The van der Waals surface area contributed by atoms with Crippen molar-refractivity contribution < 1.29 is 13.9 Å². The minimum Gasteiger partial charge on any atom is -0.457 e. The van der Waals surface area contributed by atoms with Gasteiger partial charge in [0.2, 0.25) is 0 Å². The van der Waals surface area contributed by atoms with E-state index >= 15 is 0 Å². The molecule has 0 aliphatic rings. The molecule has 0 saturated heterocycles. The van der Waals surface area contributed by atoms with E-state index in [0.717, 1.165) is 5.52 Å². The number of rotatable bonds is 4. The summed E-state index contributed by atoms with van der Waals surface area (Å²) in [7, 11) is 0. The smallest absolute Gasteiger partial charge is 0.255 e. The van der Waals surface area contributed by atoms with Crippen molar-refractivity contribution in [2.45, 2.75) is 0 Å². The molecular weight excluding hydrogens is 381 g/mol. The first-order valence-electron chi connectivity index (χ1n) is 8.33. The molecule has 4 aromatic rings. The highest BCUT2D eigenvalue weighted by Gasteiger charge is 2.10. The Hall–Kier alpha value is -3.51. The van der Waals surface area contributed by atoms with Gasteiger partial charge in [-0.1, -0.05) is 17.7 Å². The number of nitrogens with one attached hydrogen (secondary N) is 1. The Balaban J connectivity index is 1.57. The highest BCUT2D eigenvalue weighted by atomic mass is 35.5. The Labute approximate surface area is 164 Å². The van der Waals surface area contributed by atoms with Crippen molar-refractivity contribution in [3.05, 3.63) is 89.5 Å². The first-order valence-corrected chi connectivity index (χ1v) is 8.71. The number of aromatic nitrogens is 2. The maximum atomic E-state index is 14.0. The molecule has 3 aromatic carbocycles. The number of carbonyl (C=O) groups is 1. The van der Waals surface area contributed by atoms with Gasteiger partial charge in [-0.05, 0) is 36.4 Å². The monoisotopic (exact) mass is 393 g/mol. The second kappa shape index (κ2) is 7.62. The Morgan fingerprint density at radius 1 is 0.929 bits per heavy atom. The number of fused-ring (bicyclic) bond motifs is 1. The van der Waals surface area contributed by atoms with Crippen LogP contribution in [0, 0.1) is 5.82 Å². The second-order valence-electron chi connectivity index (χ2n) is 5.95. The van der Waals surface area contributed by atoms with Gasteiger partial charge in [0, 0.05) is 46.9 Å². The molecule has 5 nitrogen and oxygen atoms in total. The number of nitrogens with zero attached hydrogens (tertiary/aromatic N) is 2. The van der Waals surface area contributed by atoms with Crippen LogP contribution in [0.2, 0.25) is 5.02 Å². The molecular formula is C21H13ClFN3O2. The van der Waals surface area contributed by atoms with E-state index in [-0.39, 0.29) is 11.4 Å². The average Bonchev–Trinajstić information content (AvgIpc) is 2.67. The lowest BCUT2D eigenvalue weighted by Gasteiger charge is -2.10. The number of hydrogen-bond donors (Lipinski definition) is 1. The van der Waals surface area contributed by atoms with E-state index in [1.54, 1.807) is 48.8 Å². The summed E-state index contributed by atoms with van der Waals surface area (Å²) < 4.78 is 19.8. The van der Waals surface area contributed by atoms with Gasteiger partial charge in [-0.3, -0.25) is 14.8 Å². The highest BCUT2D eigenvalue weighted by Crippen LogP contribution is 2.27. The molecule has 7 heteroatoms. The van der Waals surface area contributed by atoms with Gasteiger partial charge in [-0.25, -0.2) is 4.39 Å². The number of hydrogen-bond acceptors (Lipinski definition) is 4. The minimum absolute atomic E-state index is 0.240. The third-order valence-electron chi connectivity index (χ3n) is 3.89. The Morgan fingerprint density at radius 2 is 1.75 bits per heavy atom. The largest absolute Gasteiger partial charge is 0.457 e. The van der Waals surface area contributed by atoms with Crippen LogP contribution < -0.4 is 10.1 Å². The van der Waals surface area contributed by atoms with Gasteiger partial charge in [0.15, 0.2) is 0 Å². The van der Waals surface area contributed by atoms with Gasteiger partial charge in [0.25, 0.3) is 5.91 Å². The third kappa shape index (κ3) is 4.07. The molecule has 0 radical (unpaired) electrons. The minimum atomic E-state index is -0.542. The van der Waals surface area contributed by atoms with Gasteiger partial charge >= 0.3 is 0 Å². The van der Waals surface area contributed by atoms with Crippen molar-refractivity contribution in [2.75, 3.05) is 5.32 Å². The van der Waals surface area contributed by atoms with Gasteiger partial charge < -0.3 is 10.1 Å². The van der Waals surface area contributed by atoms with Crippen LogP contribution in [0.1, 0.15) is 10.4 Å². The summed E-state index contributed by atoms with van der Waals surface area (Å²) in [5, 5.41) is 3.08. The maximum Gasteiger partial charge on any atom is 0.255 e. The maximum absolute atomic E-state index is 14.0. The third-order valence-corrected chi connectivity index (χ3v) is 4.13. The number of benzene rings is 3. The van der Waals surface area contributed by atoms with Crippen LogP contribution >= 0.6 is 11.6 Å². The number of carbonyl (C=O) groups excluding carboxylic acids is 1. The van der Waals surface area contributed by atoms with Crippen LogP contribution in [0.3, 0.4) is 0 Å². The molecule has 1 heterocycles. The SMILES string of the molecule is O=C(Nc1cc(F)cc(Oc2ccc3nccnc3c2)c1)c1cccc(Cl)c1. The van der Waals surface area contributed by atoms with Crippen LogP contribution in [0.25, 0.3) is 11.0 Å². The highest BCUT2D eigenvalue weighted by molar-refractivity contribution is 6.31. The topological polar surface area (TPSA) is 64.1 Å². The van der Waals surface area contributed by atoms with Gasteiger partial charge in [0.05, 0.1) is 11.0 Å². The molecule has 0 aliphatic heterocycles. The van der Waals surface area contributed by atoms with E-state index in [0.29, 0.717) is 21.9 Å². The summed E-state index contributed by atoms with van der Waals surface area (Å²) >= 11 is 5.90. The quantitative estimate of drug-likeness (QED) is 0.499. The molecule has 28 heavy (non-hydrogen) atoms. The zero-order valence-electron chi connectivity index (χ0n) is 14.4.